The largest absolute Gasteiger partial charge is 0.480 e. The number of aliphatic carboxylic acids is 1. The molecule has 0 heterocycles. The summed E-state index contributed by atoms with van der Waals surface area (Å²) in [5.74, 6) is -2.02. The molecule has 40 heavy (non-hydrogen) atoms. The molecule has 0 aliphatic heterocycles. The number of carbonyl (C=O) groups excluding carboxylic acids is 2. The van der Waals surface area contributed by atoms with Crippen LogP contribution in [0.2, 0.25) is 0 Å². The number of benzene rings is 3. The van der Waals surface area contributed by atoms with Crippen LogP contribution in [0.25, 0.3) is 11.1 Å². The highest BCUT2D eigenvalue weighted by atomic mass is 16.5. The van der Waals surface area contributed by atoms with Crippen LogP contribution in [-0.4, -0.2) is 53.5 Å². The third-order valence-corrected chi connectivity index (χ3v) is 6.91. The average molecular weight is 545 g/mol. The molecule has 0 spiro atoms. The van der Waals surface area contributed by atoms with E-state index in [-0.39, 0.29) is 25.6 Å². The molecule has 0 saturated heterocycles. The van der Waals surface area contributed by atoms with E-state index in [1.807, 2.05) is 75.4 Å². The van der Waals surface area contributed by atoms with Gasteiger partial charge in [-0.1, -0.05) is 78.9 Å². The van der Waals surface area contributed by atoms with Gasteiger partial charge in [0.2, 0.25) is 5.91 Å². The number of carboxylic acids is 1. The SMILES string of the molecule is CC(C)(C)OC[C@H](NC(=O)OCC1c2ccccc2-c2ccccc21)C(=O)N[C@](C)(Cc1ccccc1)C(=O)O. The number of nitrogens with one attached hydrogen (secondary N) is 2. The van der Waals surface area contributed by atoms with Crippen molar-refractivity contribution in [3.63, 3.8) is 0 Å². The number of hydrogen-bond donors (Lipinski definition) is 3. The summed E-state index contributed by atoms with van der Waals surface area (Å²) < 4.78 is 11.4. The van der Waals surface area contributed by atoms with Crippen molar-refractivity contribution >= 4 is 18.0 Å². The van der Waals surface area contributed by atoms with Crippen LogP contribution in [-0.2, 0) is 25.5 Å². The third-order valence-electron chi connectivity index (χ3n) is 6.91. The lowest BCUT2D eigenvalue weighted by molar-refractivity contribution is -0.147. The van der Waals surface area contributed by atoms with Gasteiger partial charge >= 0.3 is 12.1 Å². The van der Waals surface area contributed by atoms with E-state index in [1.54, 1.807) is 24.3 Å². The summed E-state index contributed by atoms with van der Waals surface area (Å²) in [6.45, 7) is 6.83. The molecule has 3 aromatic carbocycles. The number of amides is 2. The molecule has 8 nitrogen and oxygen atoms in total. The lowest BCUT2D eigenvalue weighted by atomic mass is 9.92. The number of hydrogen-bond acceptors (Lipinski definition) is 5. The fraction of sp³-hybridized carbons (Fsp3) is 0.344. The second kappa shape index (κ2) is 11.9. The molecule has 0 unspecified atom stereocenters. The second-order valence-corrected chi connectivity index (χ2v) is 11.2. The minimum Gasteiger partial charge on any atom is -0.480 e. The molecule has 0 aromatic heterocycles. The zero-order valence-electron chi connectivity index (χ0n) is 23.3. The van der Waals surface area contributed by atoms with Gasteiger partial charge in [-0.25, -0.2) is 9.59 Å². The van der Waals surface area contributed by atoms with Gasteiger partial charge in [0.25, 0.3) is 0 Å². The average Bonchev–Trinajstić information content (AvgIpc) is 3.23. The van der Waals surface area contributed by atoms with Gasteiger partial charge in [0, 0.05) is 12.3 Å². The van der Waals surface area contributed by atoms with Crippen molar-refractivity contribution in [2.45, 2.75) is 57.2 Å². The fourth-order valence-corrected chi connectivity index (χ4v) is 4.83. The zero-order chi connectivity index (χ0) is 28.9. The first-order chi connectivity index (χ1) is 19.0. The van der Waals surface area contributed by atoms with E-state index in [0.29, 0.717) is 0 Å². The molecule has 8 heteroatoms. The molecule has 0 radical (unpaired) electrons. The molecule has 1 aliphatic rings. The molecular weight excluding hydrogens is 508 g/mol. The van der Waals surface area contributed by atoms with Gasteiger partial charge in [-0.15, -0.1) is 0 Å². The van der Waals surface area contributed by atoms with Crippen LogP contribution >= 0.6 is 0 Å². The molecule has 2 atom stereocenters. The van der Waals surface area contributed by atoms with Crippen LogP contribution in [0.5, 0.6) is 0 Å². The standard InChI is InChI=1S/C32H36N2O6/c1-31(2,3)40-20-27(28(35)34-32(4,29(36)37)18-21-12-6-5-7-13-21)33-30(38)39-19-26-24-16-10-8-14-22(24)23-15-9-11-17-25(23)26/h5-17,26-27H,18-20H2,1-4H3,(H,33,38)(H,34,35)(H,36,37)/t27-,32+/m0/s1. The summed E-state index contributed by atoms with van der Waals surface area (Å²) in [7, 11) is 0. The van der Waals surface area contributed by atoms with Crippen molar-refractivity contribution in [1.29, 1.82) is 0 Å². The van der Waals surface area contributed by atoms with Crippen LogP contribution in [0.4, 0.5) is 4.79 Å². The first kappa shape index (κ1) is 28.8. The van der Waals surface area contributed by atoms with Crippen LogP contribution in [0.1, 0.15) is 50.3 Å². The molecule has 0 bridgehead atoms. The Hall–Kier alpha value is -4.17. The zero-order valence-corrected chi connectivity index (χ0v) is 23.3. The molecule has 0 fully saturated rings. The number of carbonyl (C=O) groups is 3. The number of ether oxygens (including phenoxy) is 2. The van der Waals surface area contributed by atoms with Crippen LogP contribution in [0.3, 0.4) is 0 Å². The molecular formula is C32H36N2O6. The predicted molar refractivity (Wildman–Crippen MR) is 152 cm³/mol. The van der Waals surface area contributed by atoms with Crippen molar-refractivity contribution in [2.75, 3.05) is 13.2 Å². The Bertz CT molecular complexity index is 1320. The van der Waals surface area contributed by atoms with E-state index >= 15 is 0 Å². The smallest absolute Gasteiger partial charge is 0.407 e. The maximum absolute atomic E-state index is 13.4. The Morgan fingerprint density at radius 2 is 1.40 bits per heavy atom. The van der Waals surface area contributed by atoms with Crippen molar-refractivity contribution in [3.8, 4) is 11.1 Å². The van der Waals surface area contributed by atoms with Gasteiger partial charge in [-0.3, -0.25) is 4.79 Å². The van der Waals surface area contributed by atoms with Crippen LogP contribution in [0, 0.1) is 0 Å². The van der Waals surface area contributed by atoms with Gasteiger partial charge < -0.3 is 25.2 Å². The first-order valence-corrected chi connectivity index (χ1v) is 13.3. The summed E-state index contributed by atoms with van der Waals surface area (Å²) >= 11 is 0. The monoisotopic (exact) mass is 544 g/mol. The maximum Gasteiger partial charge on any atom is 0.407 e. The molecule has 3 aromatic rings. The normalized spacial score (nSPS) is 14.8. The van der Waals surface area contributed by atoms with E-state index in [4.69, 9.17) is 9.47 Å². The Morgan fingerprint density at radius 1 is 0.850 bits per heavy atom. The van der Waals surface area contributed by atoms with Crippen molar-refractivity contribution in [3.05, 3.63) is 95.6 Å². The summed E-state index contributed by atoms with van der Waals surface area (Å²) in [4.78, 5) is 38.6. The Balaban J connectivity index is 1.46. The van der Waals surface area contributed by atoms with Crippen molar-refractivity contribution in [2.24, 2.45) is 0 Å². The van der Waals surface area contributed by atoms with Gasteiger partial charge in [0.05, 0.1) is 12.2 Å². The fourth-order valence-electron chi connectivity index (χ4n) is 4.83. The number of fused-ring (bicyclic) bond motifs is 3. The van der Waals surface area contributed by atoms with Crippen molar-refractivity contribution < 1.29 is 29.0 Å². The first-order valence-electron chi connectivity index (χ1n) is 13.3. The molecule has 210 valence electrons. The van der Waals surface area contributed by atoms with Crippen molar-refractivity contribution in [1.82, 2.24) is 10.6 Å². The molecule has 2 amide bonds. The number of rotatable bonds is 10. The topological polar surface area (TPSA) is 114 Å². The van der Waals surface area contributed by atoms with Crippen LogP contribution in [0.15, 0.2) is 78.9 Å². The Labute approximate surface area is 234 Å². The lowest BCUT2D eigenvalue weighted by Gasteiger charge is -2.30. The van der Waals surface area contributed by atoms with E-state index in [1.165, 1.54) is 6.92 Å². The predicted octanol–water partition coefficient (Wildman–Crippen LogP) is 4.91. The quantitative estimate of drug-likeness (QED) is 0.334. The number of alkyl carbamates (subject to hydrolysis) is 1. The molecule has 4 rings (SSSR count). The third kappa shape index (κ3) is 6.87. The van der Waals surface area contributed by atoms with Gasteiger partial charge in [0.15, 0.2) is 0 Å². The molecule has 1 aliphatic carbocycles. The van der Waals surface area contributed by atoms with E-state index in [9.17, 15) is 19.5 Å². The summed E-state index contributed by atoms with van der Waals surface area (Å²) in [5.41, 5.74) is 2.89. The minimum absolute atomic E-state index is 0.0622. The maximum atomic E-state index is 13.4. The van der Waals surface area contributed by atoms with Crippen LogP contribution < -0.4 is 10.6 Å². The van der Waals surface area contributed by atoms with Gasteiger partial charge in [-0.2, -0.15) is 0 Å². The Kier molecular flexibility index (Phi) is 8.59. The number of carboxylic acid groups (broad SMARTS) is 1. The van der Waals surface area contributed by atoms with E-state index in [0.717, 1.165) is 27.8 Å². The lowest BCUT2D eigenvalue weighted by Crippen LogP contribution is -2.60. The van der Waals surface area contributed by atoms with E-state index in [2.05, 4.69) is 10.6 Å². The van der Waals surface area contributed by atoms with Gasteiger partial charge in [0.1, 0.15) is 18.2 Å². The van der Waals surface area contributed by atoms with E-state index < -0.39 is 35.2 Å². The second-order valence-electron chi connectivity index (χ2n) is 11.2. The Morgan fingerprint density at radius 3 is 1.95 bits per heavy atom. The molecule has 3 N–H and O–H groups in total. The summed E-state index contributed by atoms with van der Waals surface area (Å²) in [6, 6.07) is 23.9. The van der Waals surface area contributed by atoms with Gasteiger partial charge in [-0.05, 0) is 55.5 Å². The minimum atomic E-state index is -1.61. The highest BCUT2D eigenvalue weighted by Crippen LogP contribution is 2.44. The summed E-state index contributed by atoms with van der Waals surface area (Å²) in [6.07, 6.45) is -0.730. The summed E-state index contributed by atoms with van der Waals surface area (Å²) in [5, 5.41) is 15.2. The highest BCUT2D eigenvalue weighted by Gasteiger charge is 2.38. The highest BCUT2D eigenvalue weighted by molar-refractivity contribution is 5.91. The molecule has 0 saturated carbocycles.